The van der Waals surface area contributed by atoms with Crippen molar-refractivity contribution in [2.24, 2.45) is 4.99 Å². The van der Waals surface area contributed by atoms with Gasteiger partial charge in [0.25, 0.3) is 0 Å². The maximum Gasteiger partial charge on any atom is 0.363 e. The predicted octanol–water partition coefficient (Wildman–Crippen LogP) is 3.45. The molecule has 0 saturated carbocycles. The molecule has 22 heavy (non-hydrogen) atoms. The highest BCUT2D eigenvalue weighted by molar-refractivity contribution is 6.12. The van der Waals surface area contributed by atoms with Crippen LogP contribution in [0.4, 0.5) is 13.2 Å². The van der Waals surface area contributed by atoms with Crippen molar-refractivity contribution in [2.75, 3.05) is 0 Å². The number of ether oxygens (including phenoxy) is 1. The molecule has 0 unspecified atom stereocenters. The molecule has 0 radical (unpaired) electrons. The number of benzene rings is 2. The molecule has 0 fully saturated rings. The van der Waals surface area contributed by atoms with Gasteiger partial charge in [0, 0.05) is 0 Å². The van der Waals surface area contributed by atoms with Gasteiger partial charge >= 0.3 is 5.97 Å². The smallest absolute Gasteiger partial charge is 0.363 e. The van der Waals surface area contributed by atoms with Crippen molar-refractivity contribution in [2.45, 2.75) is 0 Å². The summed E-state index contributed by atoms with van der Waals surface area (Å²) in [5.41, 5.74) is 0.165. The van der Waals surface area contributed by atoms with Crippen molar-refractivity contribution in [3.05, 3.63) is 76.7 Å². The average molecular weight is 303 g/mol. The quantitative estimate of drug-likeness (QED) is 0.629. The fraction of sp³-hybridized carbons (Fsp3) is 0. The van der Waals surface area contributed by atoms with E-state index >= 15 is 0 Å². The summed E-state index contributed by atoms with van der Waals surface area (Å²) >= 11 is 0. The van der Waals surface area contributed by atoms with Crippen molar-refractivity contribution in [3.8, 4) is 0 Å². The third kappa shape index (κ3) is 2.63. The van der Waals surface area contributed by atoms with Gasteiger partial charge < -0.3 is 4.74 Å². The molecular weight excluding hydrogens is 295 g/mol. The maximum absolute atomic E-state index is 13.6. The van der Waals surface area contributed by atoms with E-state index < -0.39 is 23.4 Å². The van der Waals surface area contributed by atoms with E-state index in [9.17, 15) is 18.0 Å². The Morgan fingerprint density at radius 1 is 0.955 bits per heavy atom. The third-order valence-electron chi connectivity index (χ3n) is 2.97. The van der Waals surface area contributed by atoms with Crippen LogP contribution in [0.2, 0.25) is 0 Å². The fourth-order valence-corrected chi connectivity index (χ4v) is 1.92. The van der Waals surface area contributed by atoms with Gasteiger partial charge in [0.2, 0.25) is 5.90 Å². The second kappa shape index (κ2) is 5.48. The van der Waals surface area contributed by atoms with E-state index in [1.165, 1.54) is 30.3 Å². The molecule has 0 aliphatic carbocycles. The first-order valence-electron chi connectivity index (χ1n) is 6.27. The molecule has 0 aromatic heterocycles. The van der Waals surface area contributed by atoms with Crippen LogP contribution in [0.3, 0.4) is 0 Å². The Bertz CT molecular complexity index is 828. The molecule has 0 saturated heterocycles. The molecule has 0 N–H and O–H groups in total. The SMILES string of the molecule is O=C1OC(c2ccccc2F)=N/C1=C\c1ccc(F)c(F)c1. The first kappa shape index (κ1) is 14.1. The highest BCUT2D eigenvalue weighted by Crippen LogP contribution is 2.21. The number of esters is 1. The summed E-state index contributed by atoms with van der Waals surface area (Å²) in [5, 5.41) is 0. The second-order valence-corrected chi connectivity index (χ2v) is 4.49. The van der Waals surface area contributed by atoms with Crippen molar-refractivity contribution in [1.29, 1.82) is 0 Å². The van der Waals surface area contributed by atoms with E-state index in [1.54, 1.807) is 6.07 Å². The number of hydrogen-bond donors (Lipinski definition) is 0. The van der Waals surface area contributed by atoms with Crippen LogP contribution in [-0.2, 0) is 9.53 Å². The Morgan fingerprint density at radius 3 is 2.45 bits per heavy atom. The molecule has 6 heteroatoms. The molecule has 0 spiro atoms. The van der Waals surface area contributed by atoms with Crippen molar-refractivity contribution in [1.82, 2.24) is 0 Å². The van der Waals surface area contributed by atoms with Crippen LogP contribution in [0.1, 0.15) is 11.1 Å². The van der Waals surface area contributed by atoms with Gasteiger partial charge in [0.05, 0.1) is 5.56 Å². The van der Waals surface area contributed by atoms with E-state index in [4.69, 9.17) is 4.74 Å². The summed E-state index contributed by atoms with van der Waals surface area (Å²) < 4.78 is 44.5. The normalized spacial score (nSPS) is 15.9. The van der Waals surface area contributed by atoms with Crippen LogP contribution < -0.4 is 0 Å². The van der Waals surface area contributed by atoms with Crippen molar-refractivity contribution >= 4 is 17.9 Å². The van der Waals surface area contributed by atoms with Crippen molar-refractivity contribution in [3.63, 3.8) is 0 Å². The third-order valence-corrected chi connectivity index (χ3v) is 2.97. The Balaban J connectivity index is 1.98. The van der Waals surface area contributed by atoms with E-state index in [0.29, 0.717) is 0 Å². The summed E-state index contributed by atoms with van der Waals surface area (Å²) in [5.74, 6) is -3.58. The lowest BCUT2D eigenvalue weighted by Crippen LogP contribution is -2.07. The van der Waals surface area contributed by atoms with Gasteiger partial charge in [-0.2, -0.15) is 0 Å². The van der Waals surface area contributed by atoms with E-state index in [1.807, 2.05) is 0 Å². The van der Waals surface area contributed by atoms with Crippen LogP contribution in [0.25, 0.3) is 6.08 Å². The predicted molar refractivity (Wildman–Crippen MR) is 73.4 cm³/mol. The lowest BCUT2D eigenvalue weighted by molar-refractivity contribution is -0.129. The average Bonchev–Trinajstić information content (AvgIpc) is 2.84. The highest BCUT2D eigenvalue weighted by atomic mass is 19.2. The fourth-order valence-electron chi connectivity index (χ4n) is 1.92. The van der Waals surface area contributed by atoms with E-state index in [-0.39, 0.29) is 22.7 Å². The van der Waals surface area contributed by atoms with Gasteiger partial charge in [-0.1, -0.05) is 18.2 Å². The van der Waals surface area contributed by atoms with Crippen LogP contribution in [0.5, 0.6) is 0 Å². The molecule has 3 rings (SSSR count). The highest BCUT2D eigenvalue weighted by Gasteiger charge is 2.25. The molecule has 1 aliphatic heterocycles. The number of carbonyl (C=O) groups is 1. The zero-order valence-electron chi connectivity index (χ0n) is 11.0. The molecular formula is C16H8F3NO2. The van der Waals surface area contributed by atoms with Gasteiger partial charge in [0.1, 0.15) is 5.82 Å². The summed E-state index contributed by atoms with van der Waals surface area (Å²) in [7, 11) is 0. The monoisotopic (exact) mass is 303 g/mol. The summed E-state index contributed by atoms with van der Waals surface area (Å²) in [6.45, 7) is 0. The van der Waals surface area contributed by atoms with Gasteiger partial charge in [0.15, 0.2) is 17.3 Å². The van der Waals surface area contributed by atoms with E-state index in [2.05, 4.69) is 4.99 Å². The lowest BCUT2D eigenvalue weighted by atomic mass is 10.2. The van der Waals surface area contributed by atoms with Gasteiger partial charge in [-0.15, -0.1) is 0 Å². The maximum atomic E-state index is 13.6. The van der Waals surface area contributed by atoms with Crippen LogP contribution >= 0.6 is 0 Å². The standard InChI is InChI=1S/C16H8F3NO2/c17-11-4-2-1-3-10(11)15-20-14(16(21)22-15)8-9-5-6-12(18)13(19)7-9/h1-8H/b14-8-. The van der Waals surface area contributed by atoms with Gasteiger partial charge in [-0.05, 0) is 35.9 Å². The summed E-state index contributed by atoms with van der Waals surface area (Å²) in [4.78, 5) is 15.6. The topological polar surface area (TPSA) is 38.7 Å². The molecule has 110 valence electrons. The molecule has 0 bridgehead atoms. The second-order valence-electron chi connectivity index (χ2n) is 4.49. The van der Waals surface area contributed by atoms with Crippen molar-refractivity contribution < 1.29 is 22.7 Å². The molecule has 2 aromatic carbocycles. The number of cyclic esters (lactones) is 1. The Labute approximate surface area is 123 Å². The molecule has 3 nitrogen and oxygen atoms in total. The minimum absolute atomic E-state index is 0.0459. The number of nitrogens with zero attached hydrogens (tertiary/aromatic N) is 1. The number of hydrogen-bond acceptors (Lipinski definition) is 3. The summed E-state index contributed by atoms with van der Waals surface area (Å²) in [6.07, 6.45) is 1.23. The first-order chi connectivity index (χ1) is 10.5. The molecule has 1 heterocycles. The molecule has 1 aliphatic rings. The minimum atomic E-state index is -1.04. The Morgan fingerprint density at radius 2 is 1.73 bits per heavy atom. The zero-order chi connectivity index (χ0) is 15.7. The molecule has 2 aromatic rings. The Kier molecular flexibility index (Phi) is 3.50. The number of aliphatic imine (C=N–C) groups is 1. The minimum Gasteiger partial charge on any atom is -0.402 e. The largest absolute Gasteiger partial charge is 0.402 e. The van der Waals surface area contributed by atoms with Gasteiger partial charge in [-0.25, -0.2) is 23.0 Å². The zero-order valence-corrected chi connectivity index (χ0v) is 11.0. The molecule has 0 atom stereocenters. The molecule has 0 amide bonds. The van der Waals surface area contributed by atoms with Crippen LogP contribution in [0, 0.1) is 17.5 Å². The van der Waals surface area contributed by atoms with Crippen LogP contribution in [0.15, 0.2) is 53.2 Å². The Hall–Kier alpha value is -2.89. The van der Waals surface area contributed by atoms with Crippen LogP contribution in [-0.4, -0.2) is 11.9 Å². The van der Waals surface area contributed by atoms with Gasteiger partial charge in [-0.3, -0.25) is 0 Å². The number of rotatable bonds is 2. The number of halogens is 3. The lowest BCUT2D eigenvalue weighted by Gasteiger charge is -1.99. The van der Waals surface area contributed by atoms with E-state index in [0.717, 1.165) is 12.1 Å². The first-order valence-corrected chi connectivity index (χ1v) is 6.27. The summed E-state index contributed by atoms with van der Waals surface area (Å²) in [6, 6.07) is 8.84. The number of carbonyl (C=O) groups excluding carboxylic acids is 1.